The van der Waals surface area contributed by atoms with Crippen LogP contribution in [0.5, 0.6) is 5.75 Å². The van der Waals surface area contributed by atoms with Gasteiger partial charge in [0.05, 0.1) is 33.6 Å². The summed E-state index contributed by atoms with van der Waals surface area (Å²) in [5.74, 6) is -1.53. The van der Waals surface area contributed by atoms with Crippen LogP contribution in [0.1, 0.15) is 37.5 Å². The van der Waals surface area contributed by atoms with Crippen LogP contribution in [0.4, 0.5) is 11.4 Å². The number of anilines is 1. The van der Waals surface area contributed by atoms with Crippen molar-refractivity contribution >= 4 is 40.9 Å². The highest BCUT2D eigenvalue weighted by Crippen LogP contribution is 2.65. The predicted octanol–water partition coefficient (Wildman–Crippen LogP) is 4.41. The lowest BCUT2D eigenvalue weighted by Gasteiger charge is -2.37. The Balaban J connectivity index is 0.933. The molecule has 11 nitrogen and oxygen atoms in total. The molecule has 1 aliphatic heterocycles. The van der Waals surface area contributed by atoms with E-state index < -0.39 is 29.3 Å². The van der Waals surface area contributed by atoms with Gasteiger partial charge < -0.3 is 9.47 Å². The third-order valence-electron chi connectivity index (χ3n) is 9.06. The summed E-state index contributed by atoms with van der Waals surface area (Å²) in [6.07, 6.45) is 5.31. The summed E-state index contributed by atoms with van der Waals surface area (Å²) in [6, 6.07) is 16.6. The van der Waals surface area contributed by atoms with E-state index in [9.17, 15) is 34.1 Å². The van der Waals surface area contributed by atoms with Crippen LogP contribution in [0.2, 0.25) is 0 Å². The smallest absolute Gasteiger partial charge is 0.343 e. The summed E-state index contributed by atoms with van der Waals surface area (Å²) >= 11 is 0. The average Bonchev–Trinajstić information content (AvgIpc) is 3.82. The van der Waals surface area contributed by atoms with Gasteiger partial charge in [0.2, 0.25) is 11.8 Å². The van der Waals surface area contributed by atoms with Crippen LogP contribution in [-0.2, 0) is 14.3 Å². The highest BCUT2D eigenvalue weighted by atomic mass is 16.6. The Labute approximate surface area is 250 Å². The quantitative estimate of drug-likeness (QED) is 0.0705. The van der Waals surface area contributed by atoms with Gasteiger partial charge in [0.15, 0.2) is 12.4 Å². The summed E-state index contributed by atoms with van der Waals surface area (Å²) in [6.45, 7) is -0.535. The Morgan fingerprint density at radius 3 is 1.84 bits per heavy atom. The summed E-state index contributed by atoms with van der Waals surface area (Å²) in [7, 11) is 0. The van der Waals surface area contributed by atoms with E-state index in [0.717, 1.165) is 6.42 Å². The van der Waals surface area contributed by atoms with Crippen LogP contribution >= 0.6 is 0 Å². The Morgan fingerprint density at radius 1 is 0.750 bits per heavy atom. The highest BCUT2D eigenvalue weighted by Gasteiger charge is 2.67. The van der Waals surface area contributed by atoms with Crippen molar-refractivity contribution in [2.45, 2.75) is 6.42 Å². The lowest BCUT2D eigenvalue weighted by Crippen LogP contribution is -2.40. The first-order valence-corrected chi connectivity index (χ1v) is 14.1. The van der Waals surface area contributed by atoms with Crippen molar-refractivity contribution in [3.63, 3.8) is 0 Å². The lowest BCUT2D eigenvalue weighted by molar-refractivity contribution is -0.384. The van der Waals surface area contributed by atoms with Crippen molar-refractivity contribution in [1.82, 2.24) is 0 Å². The molecule has 44 heavy (non-hydrogen) atoms. The Kier molecular flexibility index (Phi) is 6.45. The number of allylic oxidation sites excluding steroid dienone is 2. The number of hydrogen-bond donors (Lipinski definition) is 0. The van der Waals surface area contributed by atoms with Crippen LogP contribution in [0.25, 0.3) is 0 Å². The number of hydrogen-bond acceptors (Lipinski definition) is 9. The van der Waals surface area contributed by atoms with Gasteiger partial charge in [-0.2, -0.15) is 0 Å². The van der Waals surface area contributed by atoms with Crippen LogP contribution in [0.15, 0.2) is 84.9 Å². The summed E-state index contributed by atoms with van der Waals surface area (Å²) in [5, 5.41) is 10.8. The fourth-order valence-corrected chi connectivity index (χ4v) is 6.85. The van der Waals surface area contributed by atoms with Gasteiger partial charge in [-0.1, -0.05) is 12.2 Å². The first-order chi connectivity index (χ1) is 21.2. The number of esters is 2. The van der Waals surface area contributed by atoms with Crippen molar-refractivity contribution < 1.29 is 38.4 Å². The van der Waals surface area contributed by atoms with Crippen LogP contribution in [0.3, 0.4) is 0 Å². The normalized spacial score (nSPS) is 25.7. The molecule has 2 bridgehead atoms. The SMILES string of the molecule is O=C(COC(=O)c1ccc(N2C(=O)C3C4C=CC(C5CC45)C3C2=O)cc1)c1ccc(OC(=O)c2ccc([N+](=O)[O-])cc2)cc1. The molecule has 5 aliphatic rings. The number of ether oxygens (including phenoxy) is 2. The number of non-ortho nitro benzene ring substituents is 1. The molecule has 8 rings (SSSR count). The second-order valence-electron chi connectivity index (χ2n) is 11.4. The summed E-state index contributed by atoms with van der Waals surface area (Å²) in [5.41, 5.74) is 0.749. The number of nitro groups is 1. The molecule has 1 saturated heterocycles. The van der Waals surface area contributed by atoms with Crippen LogP contribution in [0, 0.1) is 45.6 Å². The standard InChI is InChI=1S/C33H24N2O9/c36-27(17-5-11-22(12-6-17)44-33(40)19-3-9-21(10-4-19)35(41)42)16-43-32(39)18-1-7-20(8-2-18)34-30(37)28-23-13-14-24(26-15-25(23)26)29(28)31(34)38/h1-14,23-26,28-29H,15-16H2. The number of nitro benzene ring substituents is 1. The molecule has 2 amide bonds. The number of imide groups is 1. The van der Waals surface area contributed by atoms with E-state index >= 15 is 0 Å². The van der Waals surface area contributed by atoms with Gasteiger partial charge in [0.1, 0.15) is 5.75 Å². The molecule has 3 fully saturated rings. The molecule has 2 saturated carbocycles. The van der Waals surface area contributed by atoms with E-state index in [1.54, 1.807) is 0 Å². The van der Waals surface area contributed by atoms with Gasteiger partial charge in [-0.3, -0.25) is 29.4 Å². The Morgan fingerprint density at radius 2 is 1.27 bits per heavy atom. The first-order valence-electron chi connectivity index (χ1n) is 14.1. The number of carbonyl (C=O) groups excluding carboxylic acids is 5. The minimum Gasteiger partial charge on any atom is -0.454 e. The van der Waals surface area contributed by atoms with E-state index in [1.165, 1.54) is 77.7 Å². The molecule has 0 radical (unpaired) electrons. The minimum absolute atomic E-state index is 0.118. The van der Waals surface area contributed by atoms with Gasteiger partial charge >= 0.3 is 11.9 Å². The van der Waals surface area contributed by atoms with Gasteiger partial charge in [-0.05, 0) is 90.8 Å². The molecule has 0 spiro atoms. The highest BCUT2D eigenvalue weighted by molar-refractivity contribution is 6.22. The minimum atomic E-state index is -0.742. The summed E-state index contributed by atoms with van der Waals surface area (Å²) in [4.78, 5) is 75.6. The number of rotatable bonds is 8. The molecule has 0 aromatic heterocycles. The number of Topliss-reactive ketones (excluding diaryl/α,β-unsaturated/α-hetero) is 1. The van der Waals surface area contributed by atoms with Gasteiger partial charge in [-0.25, -0.2) is 9.59 Å². The number of benzene rings is 3. The average molecular weight is 593 g/mol. The molecule has 3 aromatic rings. The molecule has 1 heterocycles. The Bertz CT molecular complexity index is 1730. The number of amides is 2. The zero-order valence-corrected chi connectivity index (χ0v) is 23.0. The van der Waals surface area contributed by atoms with Gasteiger partial charge in [0, 0.05) is 17.7 Å². The maximum atomic E-state index is 13.3. The second-order valence-corrected chi connectivity index (χ2v) is 11.4. The fourth-order valence-electron chi connectivity index (χ4n) is 6.85. The van der Waals surface area contributed by atoms with Crippen molar-refractivity contribution in [2.24, 2.45) is 35.5 Å². The topological polar surface area (TPSA) is 150 Å². The maximum Gasteiger partial charge on any atom is 0.343 e. The van der Waals surface area contributed by atoms with Crippen LogP contribution < -0.4 is 9.64 Å². The maximum absolute atomic E-state index is 13.3. The monoisotopic (exact) mass is 592 g/mol. The molecule has 4 aliphatic carbocycles. The predicted molar refractivity (Wildman–Crippen MR) is 153 cm³/mol. The lowest BCUT2D eigenvalue weighted by atomic mass is 9.63. The molecule has 6 atom stereocenters. The fraction of sp³-hybridized carbons (Fsp3) is 0.242. The zero-order valence-electron chi connectivity index (χ0n) is 23.0. The number of nitrogens with zero attached hydrogens (tertiary/aromatic N) is 2. The van der Waals surface area contributed by atoms with Crippen molar-refractivity contribution in [3.05, 3.63) is 112 Å². The first kappa shape index (κ1) is 27.4. The number of ketones is 1. The Hall–Kier alpha value is -5.45. The van der Waals surface area contributed by atoms with Gasteiger partial charge in [-0.15, -0.1) is 0 Å². The van der Waals surface area contributed by atoms with E-state index in [2.05, 4.69) is 12.2 Å². The molecule has 6 unspecified atom stereocenters. The van der Waals surface area contributed by atoms with E-state index in [1.807, 2.05) is 0 Å². The van der Waals surface area contributed by atoms with E-state index in [-0.39, 0.29) is 63.6 Å². The molecule has 11 heteroatoms. The van der Waals surface area contributed by atoms with E-state index in [0.29, 0.717) is 17.5 Å². The van der Waals surface area contributed by atoms with Crippen molar-refractivity contribution in [3.8, 4) is 5.75 Å². The zero-order chi connectivity index (χ0) is 30.7. The number of carbonyl (C=O) groups is 5. The molecule has 0 N–H and O–H groups in total. The molecular formula is C33H24N2O9. The van der Waals surface area contributed by atoms with Crippen molar-refractivity contribution in [2.75, 3.05) is 11.5 Å². The molecule has 3 aromatic carbocycles. The molecule has 220 valence electrons. The summed E-state index contributed by atoms with van der Waals surface area (Å²) < 4.78 is 10.4. The van der Waals surface area contributed by atoms with Crippen molar-refractivity contribution in [1.29, 1.82) is 0 Å². The second kappa shape index (κ2) is 10.4. The third-order valence-corrected chi connectivity index (χ3v) is 9.06. The van der Waals surface area contributed by atoms with Gasteiger partial charge in [0.25, 0.3) is 5.69 Å². The van der Waals surface area contributed by atoms with E-state index in [4.69, 9.17) is 9.47 Å². The third kappa shape index (κ3) is 4.57. The largest absolute Gasteiger partial charge is 0.454 e. The molecular weight excluding hydrogens is 568 g/mol. The van der Waals surface area contributed by atoms with Crippen LogP contribution in [-0.4, -0.2) is 41.1 Å².